The van der Waals surface area contributed by atoms with Gasteiger partial charge in [-0.3, -0.25) is 4.90 Å². The highest BCUT2D eigenvalue weighted by Gasteiger charge is 2.23. The van der Waals surface area contributed by atoms with E-state index in [0.717, 1.165) is 31.5 Å². The third kappa shape index (κ3) is 2.26. The summed E-state index contributed by atoms with van der Waals surface area (Å²) >= 11 is 3.11. The van der Waals surface area contributed by atoms with Gasteiger partial charge in [0.25, 0.3) is 0 Å². The zero-order valence-corrected chi connectivity index (χ0v) is 10.4. The minimum absolute atomic E-state index is 0.308. The summed E-state index contributed by atoms with van der Waals surface area (Å²) in [6, 6.07) is 6.84. The molecule has 1 saturated heterocycles. The minimum Gasteiger partial charge on any atom is -0.284 e. The van der Waals surface area contributed by atoms with E-state index in [2.05, 4.69) is 26.9 Å². The van der Waals surface area contributed by atoms with Crippen molar-refractivity contribution in [1.82, 2.24) is 4.90 Å². The Balaban J connectivity index is 2.26. The van der Waals surface area contributed by atoms with Gasteiger partial charge in [0, 0.05) is 0 Å². The standard InChI is InChI=1S/C12H12BrFN2/c13-10-4-3-9(7-11(10)14)12(8-15)16-5-1-2-6-16/h3-4,7,12H,1-2,5-6H2. The summed E-state index contributed by atoms with van der Waals surface area (Å²) < 4.78 is 13.8. The second-order valence-electron chi connectivity index (χ2n) is 3.95. The Bertz CT molecular complexity index is 422. The number of nitrogens with zero attached hydrogens (tertiary/aromatic N) is 2. The lowest BCUT2D eigenvalue weighted by Crippen LogP contribution is -2.24. The van der Waals surface area contributed by atoms with Crippen LogP contribution in [0.4, 0.5) is 4.39 Å². The molecule has 1 aliphatic rings. The molecule has 1 unspecified atom stereocenters. The number of likely N-dealkylation sites (tertiary alicyclic amines) is 1. The fourth-order valence-corrected chi connectivity index (χ4v) is 2.30. The lowest BCUT2D eigenvalue weighted by molar-refractivity contribution is 0.294. The zero-order chi connectivity index (χ0) is 11.5. The van der Waals surface area contributed by atoms with E-state index in [4.69, 9.17) is 0 Å². The molecule has 4 heteroatoms. The van der Waals surface area contributed by atoms with Gasteiger partial charge in [-0.1, -0.05) is 6.07 Å². The molecule has 0 bridgehead atoms. The van der Waals surface area contributed by atoms with Crippen LogP contribution in [0.25, 0.3) is 0 Å². The molecule has 1 fully saturated rings. The Morgan fingerprint density at radius 3 is 2.62 bits per heavy atom. The number of benzene rings is 1. The highest BCUT2D eigenvalue weighted by atomic mass is 79.9. The molecule has 0 amide bonds. The van der Waals surface area contributed by atoms with E-state index in [9.17, 15) is 9.65 Å². The first-order valence-corrected chi connectivity index (χ1v) is 6.10. The van der Waals surface area contributed by atoms with Gasteiger partial charge in [-0.25, -0.2) is 4.39 Å². The molecule has 0 N–H and O–H groups in total. The van der Waals surface area contributed by atoms with Crippen LogP contribution in [0.1, 0.15) is 24.4 Å². The van der Waals surface area contributed by atoms with E-state index >= 15 is 0 Å². The normalized spacial score (nSPS) is 18.3. The van der Waals surface area contributed by atoms with Crippen molar-refractivity contribution >= 4 is 15.9 Å². The van der Waals surface area contributed by atoms with E-state index in [1.54, 1.807) is 12.1 Å². The van der Waals surface area contributed by atoms with Crippen LogP contribution in [0.5, 0.6) is 0 Å². The van der Waals surface area contributed by atoms with Gasteiger partial charge < -0.3 is 0 Å². The molecule has 1 aromatic carbocycles. The maximum atomic E-state index is 13.4. The van der Waals surface area contributed by atoms with Crippen LogP contribution in [0.3, 0.4) is 0 Å². The van der Waals surface area contributed by atoms with Crippen LogP contribution in [0.15, 0.2) is 22.7 Å². The molecule has 0 aromatic heterocycles. The molecule has 2 nitrogen and oxygen atoms in total. The second kappa shape index (κ2) is 4.94. The van der Waals surface area contributed by atoms with E-state index < -0.39 is 0 Å². The summed E-state index contributed by atoms with van der Waals surface area (Å²) in [6.45, 7) is 1.85. The molecule has 16 heavy (non-hydrogen) atoms. The van der Waals surface area contributed by atoms with E-state index in [1.807, 2.05) is 0 Å². The SMILES string of the molecule is N#CC(c1ccc(Br)c(F)c1)N1CCCC1. The first-order chi connectivity index (χ1) is 7.72. The lowest BCUT2D eigenvalue weighted by atomic mass is 10.1. The quantitative estimate of drug-likeness (QED) is 0.833. The Labute approximate surface area is 103 Å². The Morgan fingerprint density at radius 1 is 1.38 bits per heavy atom. The predicted molar refractivity (Wildman–Crippen MR) is 63.3 cm³/mol. The van der Waals surface area contributed by atoms with Crippen molar-refractivity contribution in [2.45, 2.75) is 18.9 Å². The van der Waals surface area contributed by atoms with Gasteiger partial charge in [-0.2, -0.15) is 5.26 Å². The fourth-order valence-electron chi connectivity index (χ4n) is 2.05. The molecule has 1 atom stereocenters. The molecule has 0 radical (unpaired) electrons. The molecular weight excluding hydrogens is 271 g/mol. The molecular formula is C12H12BrFN2. The summed E-state index contributed by atoms with van der Waals surface area (Å²) in [4.78, 5) is 2.10. The van der Waals surface area contributed by atoms with Crippen molar-refractivity contribution in [2.24, 2.45) is 0 Å². The van der Waals surface area contributed by atoms with Gasteiger partial charge in [0.05, 0.1) is 10.5 Å². The van der Waals surface area contributed by atoms with Gasteiger partial charge >= 0.3 is 0 Å². The van der Waals surface area contributed by atoms with E-state index in [0.29, 0.717) is 4.47 Å². The van der Waals surface area contributed by atoms with Crippen LogP contribution in [0.2, 0.25) is 0 Å². The van der Waals surface area contributed by atoms with Crippen LogP contribution in [-0.4, -0.2) is 18.0 Å². The third-order valence-electron chi connectivity index (χ3n) is 2.89. The summed E-state index contributed by atoms with van der Waals surface area (Å²) in [5.74, 6) is -0.308. The van der Waals surface area contributed by atoms with Crippen molar-refractivity contribution < 1.29 is 4.39 Å². The average molecular weight is 283 g/mol. The number of hydrogen-bond acceptors (Lipinski definition) is 2. The first-order valence-electron chi connectivity index (χ1n) is 5.31. The lowest BCUT2D eigenvalue weighted by Gasteiger charge is -2.21. The molecule has 0 saturated carbocycles. The highest BCUT2D eigenvalue weighted by Crippen LogP contribution is 2.27. The largest absolute Gasteiger partial charge is 0.284 e. The van der Waals surface area contributed by atoms with Crippen molar-refractivity contribution in [3.63, 3.8) is 0 Å². The van der Waals surface area contributed by atoms with Crippen molar-refractivity contribution in [2.75, 3.05) is 13.1 Å². The van der Waals surface area contributed by atoms with Gasteiger partial charge in [0.15, 0.2) is 0 Å². The predicted octanol–water partition coefficient (Wildman–Crippen LogP) is 3.25. The topological polar surface area (TPSA) is 27.0 Å². The van der Waals surface area contributed by atoms with Gasteiger partial charge in [-0.15, -0.1) is 0 Å². The fraction of sp³-hybridized carbons (Fsp3) is 0.417. The summed E-state index contributed by atoms with van der Waals surface area (Å²) in [5.41, 5.74) is 0.741. The molecule has 1 aliphatic heterocycles. The Kier molecular flexibility index (Phi) is 3.57. The number of halogens is 2. The molecule has 1 heterocycles. The van der Waals surface area contributed by atoms with Gasteiger partial charge in [0.1, 0.15) is 11.9 Å². The van der Waals surface area contributed by atoms with Crippen molar-refractivity contribution in [3.05, 3.63) is 34.1 Å². The molecule has 84 valence electrons. The van der Waals surface area contributed by atoms with Crippen LogP contribution >= 0.6 is 15.9 Å². The number of nitriles is 1. The average Bonchev–Trinajstić information content (AvgIpc) is 2.78. The summed E-state index contributed by atoms with van der Waals surface area (Å²) in [6.07, 6.45) is 2.24. The van der Waals surface area contributed by atoms with E-state index in [-0.39, 0.29) is 11.9 Å². The summed E-state index contributed by atoms with van der Waals surface area (Å²) in [5, 5.41) is 9.17. The Hall–Kier alpha value is -0.920. The molecule has 0 aliphatic carbocycles. The number of hydrogen-bond donors (Lipinski definition) is 0. The maximum Gasteiger partial charge on any atom is 0.137 e. The first kappa shape index (κ1) is 11.6. The maximum absolute atomic E-state index is 13.4. The van der Waals surface area contributed by atoms with Crippen LogP contribution in [-0.2, 0) is 0 Å². The van der Waals surface area contributed by atoms with Crippen molar-refractivity contribution in [1.29, 1.82) is 5.26 Å². The molecule has 2 rings (SSSR count). The smallest absolute Gasteiger partial charge is 0.137 e. The second-order valence-corrected chi connectivity index (χ2v) is 4.80. The summed E-state index contributed by atoms with van der Waals surface area (Å²) in [7, 11) is 0. The van der Waals surface area contributed by atoms with Crippen LogP contribution < -0.4 is 0 Å². The zero-order valence-electron chi connectivity index (χ0n) is 8.79. The number of rotatable bonds is 2. The van der Waals surface area contributed by atoms with Crippen LogP contribution in [0, 0.1) is 17.1 Å². The van der Waals surface area contributed by atoms with Gasteiger partial charge in [0.2, 0.25) is 0 Å². The third-order valence-corrected chi connectivity index (χ3v) is 3.53. The van der Waals surface area contributed by atoms with E-state index in [1.165, 1.54) is 6.07 Å². The highest BCUT2D eigenvalue weighted by molar-refractivity contribution is 9.10. The molecule has 1 aromatic rings. The van der Waals surface area contributed by atoms with Crippen molar-refractivity contribution in [3.8, 4) is 6.07 Å². The monoisotopic (exact) mass is 282 g/mol. The molecule has 0 spiro atoms. The van der Waals surface area contributed by atoms with Gasteiger partial charge in [-0.05, 0) is 59.6 Å². The Morgan fingerprint density at radius 2 is 2.06 bits per heavy atom. The minimum atomic E-state index is -0.315.